The first-order valence-electron chi connectivity index (χ1n) is 7.05. The van der Waals surface area contributed by atoms with Gasteiger partial charge in [0.15, 0.2) is 11.5 Å². The highest BCUT2D eigenvalue weighted by atomic mass is 15.3. The van der Waals surface area contributed by atoms with Gasteiger partial charge in [-0.2, -0.15) is 9.97 Å². The number of nitrogens with one attached hydrogen (secondary N) is 1. The van der Waals surface area contributed by atoms with Crippen LogP contribution in [-0.2, 0) is 0 Å². The summed E-state index contributed by atoms with van der Waals surface area (Å²) in [5, 5.41) is 0. The summed E-state index contributed by atoms with van der Waals surface area (Å²) in [5.74, 6) is 1.80. The molecule has 0 amide bonds. The van der Waals surface area contributed by atoms with Gasteiger partial charge < -0.3 is 20.5 Å². The second kappa shape index (κ2) is 5.10. The van der Waals surface area contributed by atoms with Crippen molar-refractivity contribution in [2.45, 2.75) is 0 Å². The van der Waals surface area contributed by atoms with Gasteiger partial charge in [-0.25, -0.2) is 15.0 Å². The topological polar surface area (TPSA) is 113 Å². The van der Waals surface area contributed by atoms with Crippen LogP contribution in [0.3, 0.4) is 0 Å². The summed E-state index contributed by atoms with van der Waals surface area (Å²) in [6, 6.07) is 1.82. The molecule has 0 aromatic carbocycles. The van der Waals surface area contributed by atoms with Crippen LogP contribution in [0.15, 0.2) is 24.8 Å². The van der Waals surface area contributed by atoms with E-state index in [-0.39, 0.29) is 5.95 Å². The minimum atomic E-state index is 0.239. The van der Waals surface area contributed by atoms with Gasteiger partial charge in [-0.05, 0) is 6.07 Å². The molecule has 3 aromatic rings. The number of anilines is 3. The van der Waals surface area contributed by atoms with Gasteiger partial charge >= 0.3 is 0 Å². The fraction of sp³-hybridized carbons (Fsp3) is 0.308. The molecule has 3 aromatic heterocycles. The van der Waals surface area contributed by atoms with E-state index in [9.17, 15) is 0 Å². The lowest BCUT2D eigenvalue weighted by atomic mass is 10.3. The van der Waals surface area contributed by atoms with E-state index in [1.165, 1.54) is 0 Å². The SMILES string of the molecule is Nc1nc(N2CCN(c3ncccn3)CC2)c2[nH]cnc2n1. The van der Waals surface area contributed by atoms with Gasteiger partial charge in [-0.3, -0.25) is 0 Å². The zero-order valence-electron chi connectivity index (χ0n) is 11.8. The third-order valence-corrected chi connectivity index (χ3v) is 3.70. The van der Waals surface area contributed by atoms with Crippen molar-refractivity contribution in [1.29, 1.82) is 0 Å². The molecule has 0 radical (unpaired) electrons. The number of hydrogen-bond acceptors (Lipinski definition) is 8. The molecule has 0 unspecified atom stereocenters. The zero-order chi connectivity index (χ0) is 14.9. The number of H-pyrrole nitrogens is 1. The normalized spacial score (nSPS) is 15.5. The summed E-state index contributed by atoms with van der Waals surface area (Å²) in [6.07, 6.45) is 5.12. The van der Waals surface area contributed by atoms with Crippen molar-refractivity contribution in [3.8, 4) is 0 Å². The van der Waals surface area contributed by atoms with E-state index in [1.54, 1.807) is 18.7 Å². The molecule has 9 heteroatoms. The number of imidazole rings is 1. The fourth-order valence-electron chi connectivity index (χ4n) is 2.64. The summed E-state index contributed by atoms with van der Waals surface area (Å²) < 4.78 is 0. The van der Waals surface area contributed by atoms with Crippen molar-refractivity contribution < 1.29 is 0 Å². The van der Waals surface area contributed by atoms with E-state index in [4.69, 9.17) is 5.73 Å². The maximum atomic E-state index is 5.78. The maximum Gasteiger partial charge on any atom is 0.225 e. The summed E-state index contributed by atoms with van der Waals surface area (Å²) in [7, 11) is 0. The van der Waals surface area contributed by atoms with Crippen molar-refractivity contribution in [1.82, 2.24) is 29.9 Å². The Labute approximate surface area is 126 Å². The molecule has 0 spiro atoms. The van der Waals surface area contributed by atoms with Gasteiger partial charge in [0.1, 0.15) is 5.52 Å². The molecule has 1 saturated heterocycles. The van der Waals surface area contributed by atoms with Crippen LogP contribution in [0.1, 0.15) is 0 Å². The Morgan fingerprint density at radius 3 is 2.45 bits per heavy atom. The summed E-state index contributed by atoms with van der Waals surface area (Å²) >= 11 is 0. The van der Waals surface area contributed by atoms with E-state index < -0.39 is 0 Å². The fourth-order valence-corrected chi connectivity index (χ4v) is 2.64. The highest BCUT2D eigenvalue weighted by molar-refractivity contribution is 5.84. The van der Waals surface area contributed by atoms with Gasteiger partial charge in [-0.15, -0.1) is 0 Å². The van der Waals surface area contributed by atoms with Gasteiger partial charge in [0.05, 0.1) is 6.33 Å². The molecule has 1 aliphatic heterocycles. The molecule has 22 heavy (non-hydrogen) atoms. The molecule has 0 saturated carbocycles. The number of aromatic nitrogens is 6. The van der Waals surface area contributed by atoms with Crippen molar-refractivity contribution in [3.63, 3.8) is 0 Å². The van der Waals surface area contributed by atoms with Crippen molar-refractivity contribution in [2.24, 2.45) is 0 Å². The first-order valence-corrected chi connectivity index (χ1v) is 7.05. The first kappa shape index (κ1) is 12.7. The third-order valence-electron chi connectivity index (χ3n) is 3.70. The lowest BCUT2D eigenvalue weighted by molar-refractivity contribution is 0.636. The highest BCUT2D eigenvalue weighted by Gasteiger charge is 2.22. The minimum absolute atomic E-state index is 0.239. The summed E-state index contributed by atoms with van der Waals surface area (Å²) in [4.78, 5) is 28.6. The van der Waals surface area contributed by atoms with Crippen LogP contribution in [0.2, 0.25) is 0 Å². The first-order chi connectivity index (χ1) is 10.8. The van der Waals surface area contributed by atoms with Crippen molar-refractivity contribution in [3.05, 3.63) is 24.8 Å². The van der Waals surface area contributed by atoms with Gasteiger partial charge in [-0.1, -0.05) is 0 Å². The van der Waals surface area contributed by atoms with E-state index >= 15 is 0 Å². The largest absolute Gasteiger partial charge is 0.368 e. The number of nitrogens with zero attached hydrogens (tertiary/aromatic N) is 7. The lowest BCUT2D eigenvalue weighted by Crippen LogP contribution is -2.47. The molecule has 1 fully saturated rings. The number of nitrogen functional groups attached to an aromatic ring is 1. The summed E-state index contributed by atoms with van der Waals surface area (Å²) in [5.41, 5.74) is 7.19. The van der Waals surface area contributed by atoms with E-state index in [2.05, 4.69) is 39.7 Å². The Morgan fingerprint density at radius 1 is 0.955 bits per heavy atom. The third kappa shape index (κ3) is 2.16. The Bertz CT molecular complexity index is 777. The van der Waals surface area contributed by atoms with Gasteiger partial charge in [0, 0.05) is 38.6 Å². The van der Waals surface area contributed by atoms with Crippen molar-refractivity contribution >= 4 is 28.9 Å². The average Bonchev–Trinajstić information content (AvgIpc) is 3.03. The number of rotatable bonds is 2. The van der Waals surface area contributed by atoms with E-state index in [0.29, 0.717) is 5.65 Å². The Kier molecular flexibility index (Phi) is 2.95. The molecule has 4 rings (SSSR count). The molecule has 0 aliphatic carbocycles. The van der Waals surface area contributed by atoms with E-state index in [1.807, 2.05) is 6.07 Å². The Hall–Kier alpha value is -2.97. The monoisotopic (exact) mass is 297 g/mol. The Morgan fingerprint density at radius 2 is 1.68 bits per heavy atom. The second-order valence-corrected chi connectivity index (χ2v) is 5.03. The smallest absolute Gasteiger partial charge is 0.225 e. The van der Waals surface area contributed by atoms with Crippen LogP contribution in [0, 0.1) is 0 Å². The molecule has 0 bridgehead atoms. The number of hydrogen-bond donors (Lipinski definition) is 2. The van der Waals surface area contributed by atoms with Crippen LogP contribution in [0.4, 0.5) is 17.7 Å². The molecular formula is C13H15N9. The quantitative estimate of drug-likeness (QED) is 0.682. The number of aromatic amines is 1. The zero-order valence-corrected chi connectivity index (χ0v) is 11.8. The number of piperazine rings is 1. The number of nitrogens with two attached hydrogens (primary N) is 1. The molecular weight excluding hydrogens is 282 g/mol. The summed E-state index contributed by atoms with van der Waals surface area (Å²) in [6.45, 7) is 3.26. The molecule has 1 aliphatic rings. The van der Waals surface area contributed by atoms with Gasteiger partial charge in [0.25, 0.3) is 0 Å². The second-order valence-electron chi connectivity index (χ2n) is 5.03. The molecule has 3 N–H and O–H groups in total. The van der Waals surface area contributed by atoms with Gasteiger partial charge in [0.2, 0.25) is 11.9 Å². The molecule has 9 nitrogen and oxygen atoms in total. The predicted octanol–water partition coefficient (Wildman–Crippen LogP) is 0.0517. The van der Waals surface area contributed by atoms with Crippen LogP contribution in [0.25, 0.3) is 11.2 Å². The van der Waals surface area contributed by atoms with Crippen LogP contribution in [0.5, 0.6) is 0 Å². The highest BCUT2D eigenvalue weighted by Crippen LogP contribution is 2.23. The average molecular weight is 297 g/mol. The standard InChI is InChI=1S/C13H15N9/c14-12-19-10-9(17-8-18-10)11(20-12)21-4-6-22(7-5-21)13-15-2-1-3-16-13/h1-3,8H,4-7H2,(H3,14,17,18,19,20). The van der Waals surface area contributed by atoms with Crippen LogP contribution in [-0.4, -0.2) is 56.1 Å². The molecule has 4 heterocycles. The minimum Gasteiger partial charge on any atom is -0.368 e. The van der Waals surface area contributed by atoms with E-state index in [0.717, 1.165) is 43.5 Å². The maximum absolute atomic E-state index is 5.78. The number of fused-ring (bicyclic) bond motifs is 1. The lowest BCUT2D eigenvalue weighted by Gasteiger charge is -2.35. The molecule has 112 valence electrons. The van der Waals surface area contributed by atoms with Crippen molar-refractivity contribution in [2.75, 3.05) is 41.7 Å². The molecule has 0 atom stereocenters. The Balaban J connectivity index is 1.57. The van der Waals surface area contributed by atoms with Crippen LogP contribution < -0.4 is 15.5 Å². The predicted molar refractivity (Wildman–Crippen MR) is 82.6 cm³/mol. The van der Waals surface area contributed by atoms with Crippen LogP contribution >= 0.6 is 0 Å².